The molecular formula is C7H5BrF2INO. The molecule has 1 N–H and O–H groups in total. The maximum absolute atomic E-state index is 12.5. The van der Waals surface area contributed by atoms with Crippen molar-refractivity contribution in [2.75, 3.05) is 0 Å². The second-order valence-corrected chi connectivity index (χ2v) is 4.12. The van der Waals surface area contributed by atoms with E-state index in [0.29, 0.717) is 4.47 Å². The van der Waals surface area contributed by atoms with Crippen molar-refractivity contribution in [3.63, 3.8) is 0 Å². The third-order valence-electron chi connectivity index (χ3n) is 1.50. The van der Waals surface area contributed by atoms with Crippen LogP contribution in [0.4, 0.5) is 8.78 Å². The van der Waals surface area contributed by atoms with Crippen LogP contribution in [0.15, 0.2) is 10.7 Å². The van der Waals surface area contributed by atoms with Crippen LogP contribution in [-0.2, 0) is 6.61 Å². The van der Waals surface area contributed by atoms with Gasteiger partial charge in [-0.05, 0) is 38.5 Å². The van der Waals surface area contributed by atoms with Gasteiger partial charge < -0.3 is 5.11 Å². The number of hydrogen-bond acceptors (Lipinski definition) is 2. The van der Waals surface area contributed by atoms with E-state index >= 15 is 0 Å². The van der Waals surface area contributed by atoms with Crippen LogP contribution in [0.5, 0.6) is 0 Å². The van der Waals surface area contributed by atoms with Crippen molar-refractivity contribution in [1.82, 2.24) is 4.98 Å². The lowest BCUT2D eigenvalue weighted by atomic mass is 10.1. The lowest BCUT2D eigenvalue weighted by molar-refractivity contribution is 0.145. The van der Waals surface area contributed by atoms with E-state index < -0.39 is 13.0 Å². The van der Waals surface area contributed by atoms with E-state index in [2.05, 4.69) is 20.9 Å². The Morgan fingerprint density at radius 2 is 2.23 bits per heavy atom. The van der Waals surface area contributed by atoms with Crippen LogP contribution < -0.4 is 0 Å². The van der Waals surface area contributed by atoms with E-state index in [1.807, 2.05) is 0 Å². The SMILES string of the molecule is OCc1c(Br)cnc(I)c1C(F)F. The molecule has 1 heterocycles. The average molecular weight is 364 g/mol. The monoisotopic (exact) mass is 363 g/mol. The van der Waals surface area contributed by atoms with Crippen molar-refractivity contribution in [2.24, 2.45) is 0 Å². The maximum atomic E-state index is 12.5. The maximum Gasteiger partial charge on any atom is 0.266 e. The van der Waals surface area contributed by atoms with Crippen LogP contribution in [0.2, 0.25) is 0 Å². The second kappa shape index (κ2) is 4.61. The van der Waals surface area contributed by atoms with E-state index in [1.54, 1.807) is 22.6 Å². The molecule has 2 nitrogen and oxygen atoms in total. The van der Waals surface area contributed by atoms with Crippen molar-refractivity contribution >= 4 is 38.5 Å². The number of aliphatic hydroxyl groups excluding tert-OH is 1. The van der Waals surface area contributed by atoms with Crippen LogP contribution in [-0.4, -0.2) is 10.1 Å². The molecule has 0 amide bonds. The highest BCUT2D eigenvalue weighted by molar-refractivity contribution is 14.1. The number of aliphatic hydroxyl groups is 1. The summed E-state index contributed by atoms with van der Waals surface area (Å²) in [6.07, 6.45) is -1.21. The molecule has 0 spiro atoms. The molecule has 0 atom stereocenters. The number of nitrogens with zero attached hydrogens (tertiary/aromatic N) is 1. The number of hydrogen-bond donors (Lipinski definition) is 1. The van der Waals surface area contributed by atoms with Gasteiger partial charge in [-0.3, -0.25) is 0 Å². The Bertz CT molecular complexity index is 322. The Morgan fingerprint density at radius 3 is 2.62 bits per heavy atom. The average Bonchev–Trinajstić information content (AvgIpc) is 2.07. The summed E-state index contributed by atoms with van der Waals surface area (Å²) in [5.74, 6) is 0. The zero-order valence-electron chi connectivity index (χ0n) is 6.27. The molecule has 1 aromatic heterocycles. The van der Waals surface area contributed by atoms with Gasteiger partial charge in [0.1, 0.15) is 3.70 Å². The summed E-state index contributed by atoms with van der Waals surface area (Å²) in [7, 11) is 0. The lowest BCUT2D eigenvalue weighted by Gasteiger charge is -2.09. The lowest BCUT2D eigenvalue weighted by Crippen LogP contribution is -2.01. The first-order valence-electron chi connectivity index (χ1n) is 3.29. The molecule has 0 aliphatic heterocycles. The summed E-state index contributed by atoms with van der Waals surface area (Å²) < 4.78 is 25.6. The molecule has 1 rings (SSSR count). The molecular weight excluding hydrogens is 359 g/mol. The highest BCUT2D eigenvalue weighted by Crippen LogP contribution is 2.31. The van der Waals surface area contributed by atoms with Gasteiger partial charge in [-0.15, -0.1) is 0 Å². The van der Waals surface area contributed by atoms with Gasteiger partial charge in [0.2, 0.25) is 0 Å². The fraction of sp³-hybridized carbons (Fsp3) is 0.286. The number of aromatic nitrogens is 1. The molecule has 72 valence electrons. The Labute approximate surface area is 95.6 Å². The minimum absolute atomic E-state index is 0.197. The van der Waals surface area contributed by atoms with E-state index in [4.69, 9.17) is 5.11 Å². The third kappa shape index (κ3) is 2.35. The predicted octanol–water partition coefficient (Wildman–Crippen LogP) is 2.88. The molecule has 1 aromatic rings. The zero-order chi connectivity index (χ0) is 10.0. The van der Waals surface area contributed by atoms with E-state index in [9.17, 15) is 8.78 Å². The van der Waals surface area contributed by atoms with E-state index in [-0.39, 0.29) is 14.8 Å². The number of halogens is 4. The van der Waals surface area contributed by atoms with Crippen LogP contribution in [0.25, 0.3) is 0 Å². The van der Waals surface area contributed by atoms with Crippen molar-refractivity contribution in [1.29, 1.82) is 0 Å². The Balaban J connectivity index is 3.35. The van der Waals surface area contributed by atoms with Gasteiger partial charge in [0.15, 0.2) is 0 Å². The topological polar surface area (TPSA) is 33.1 Å². The van der Waals surface area contributed by atoms with Crippen molar-refractivity contribution in [3.8, 4) is 0 Å². The Kier molecular flexibility index (Phi) is 3.99. The molecule has 0 saturated carbocycles. The van der Waals surface area contributed by atoms with Gasteiger partial charge in [-0.2, -0.15) is 0 Å². The first kappa shape index (κ1) is 11.3. The zero-order valence-corrected chi connectivity index (χ0v) is 10.0. The van der Waals surface area contributed by atoms with Crippen molar-refractivity contribution in [3.05, 3.63) is 25.5 Å². The van der Waals surface area contributed by atoms with Crippen LogP contribution in [0.3, 0.4) is 0 Å². The molecule has 0 aliphatic rings. The van der Waals surface area contributed by atoms with Crippen molar-refractivity contribution < 1.29 is 13.9 Å². The molecule has 0 fully saturated rings. The van der Waals surface area contributed by atoms with Crippen LogP contribution in [0, 0.1) is 3.70 Å². The van der Waals surface area contributed by atoms with E-state index in [0.717, 1.165) is 0 Å². The molecule has 0 aliphatic carbocycles. The van der Waals surface area contributed by atoms with Gasteiger partial charge in [0.25, 0.3) is 6.43 Å². The summed E-state index contributed by atoms with van der Waals surface area (Å²) >= 11 is 4.77. The number of alkyl halides is 2. The minimum Gasteiger partial charge on any atom is -0.392 e. The van der Waals surface area contributed by atoms with Crippen LogP contribution >= 0.6 is 38.5 Å². The second-order valence-electron chi connectivity index (χ2n) is 2.25. The third-order valence-corrected chi connectivity index (χ3v) is 3.05. The molecule has 0 unspecified atom stereocenters. The van der Waals surface area contributed by atoms with Gasteiger partial charge >= 0.3 is 0 Å². The molecule has 6 heteroatoms. The standard InChI is InChI=1S/C7H5BrF2INO/c8-4-1-12-7(11)5(6(9)10)3(4)2-13/h1,6,13H,2H2. The molecule has 13 heavy (non-hydrogen) atoms. The minimum atomic E-state index is -2.61. The van der Waals surface area contributed by atoms with Gasteiger partial charge in [0, 0.05) is 16.2 Å². The Morgan fingerprint density at radius 1 is 1.62 bits per heavy atom. The number of pyridine rings is 1. The normalized spacial score (nSPS) is 10.9. The molecule has 0 bridgehead atoms. The predicted molar refractivity (Wildman–Crippen MR) is 55.5 cm³/mol. The van der Waals surface area contributed by atoms with Crippen molar-refractivity contribution in [2.45, 2.75) is 13.0 Å². The highest BCUT2D eigenvalue weighted by atomic mass is 127. The summed E-state index contributed by atoms with van der Waals surface area (Å²) in [6, 6.07) is 0. The quantitative estimate of drug-likeness (QED) is 0.647. The van der Waals surface area contributed by atoms with Gasteiger partial charge in [-0.1, -0.05) is 0 Å². The first-order chi connectivity index (χ1) is 6.07. The van der Waals surface area contributed by atoms with E-state index in [1.165, 1.54) is 6.20 Å². The fourth-order valence-corrected chi connectivity index (χ4v) is 2.04. The summed E-state index contributed by atoms with van der Waals surface area (Å²) in [5, 5.41) is 8.88. The largest absolute Gasteiger partial charge is 0.392 e. The number of rotatable bonds is 2. The molecule has 0 saturated heterocycles. The fourth-order valence-electron chi connectivity index (χ4n) is 0.896. The van der Waals surface area contributed by atoms with Crippen LogP contribution in [0.1, 0.15) is 17.6 Å². The first-order valence-corrected chi connectivity index (χ1v) is 5.17. The summed E-state index contributed by atoms with van der Waals surface area (Å²) in [6.45, 7) is -0.418. The molecule has 0 radical (unpaired) electrons. The molecule has 0 aromatic carbocycles. The van der Waals surface area contributed by atoms with Gasteiger partial charge in [0.05, 0.1) is 12.2 Å². The summed E-state index contributed by atoms with van der Waals surface area (Å²) in [4.78, 5) is 3.76. The highest BCUT2D eigenvalue weighted by Gasteiger charge is 2.19. The van der Waals surface area contributed by atoms with Gasteiger partial charge in [-0.25, -0.2) is 13.8 Å². The smallest absolute Gasteiger partial charge is 0.266 e. The summed E-state index contributed by atoms with van der Waals surface area (Å²) in [5.41, 5.74) is 0.00637. The Hall–Kier alpha value is 0.180.